The molecule has 1 aliphatic rings. The van der Waals surface area contributed by atoms with Crippen LogP contribution in [-0.4, -0.2) is 31.1 Å². The van der Waals surface area contributed by atoms with Crippen LogP contribution in [0.15, 0.2) is 48.5 Å². The molecule has 1 unspecified atom stereocenters. The molecule has 0 aliphatic carbocycles. The zero-order valence-corrected chi connectivity index (χ0v) is 16.7. The van der Waals surface area contributed by atoms with Crippen molar-refractivity contribution < 1.29 is 0 Å². The van der Waals surface area contributed by atoms with E-state index in [1.807, 2.05) is 6.07 Å². The Bertz CT molecular complexity index is 755. The summed E-state index contributed by atoms with van der Waals surface area (Å²) >= 11 is 0. The summed E-state index contributed by atoms with van der Waals surface area (Å²) in [6, 6.07) is 19.9. The first-order valence-corrected chi connectivity index (χ1v) is 10.3. The second-order valence-electron chi connectivity index (χ2n) is 7.56. The van der Waals surface area contributed by atoms with E-state index >= 15 is 0 Å². The van der Waals surface area contributed by atoms with Gasteiger partial charge in [-0.1, -0.05) is 56.5 Å². The van der Waals surface area contributed by atoms with E-state index in [1.165, 1.54) is 36.9 Å². The Labute approximate surface area is 164 Å². The fourth-order valence-electron chi connectivity index (χ4n) is 4.10. The molecule has 1 atom stereocenters. The molecule has 1 heterocycles. The molecule has 0 N–H and O–H groups in total. The van der Waals surface area contributed by atoms with Crippen LogP contribution in [0.25, 0.3) is 0 Å². The number of para-hydroxylation sites is 1. The van der Waals surface area contributed by atoms with Crippen LogP contribution in [0.1, 0.15) is 55.3 Å². The zero-order valence-electron chi connectivity index (χ0n) is 16.7. The van der Waals surface area contributed by atoms with Crippen LogP contribution in [0.5, 0.6) is 0 Å². The minimum absolute atomic E-state index is 0.459. The molecule has 3 nitrogen and oxygen atoms in total. The number of benzene rings is 2. The molecule has 3 heteroatoms. The number of hydrogen-bond acceptors (Lipinski definition) is 3. The predicted octanol–water partition coefficient (Wildman–Crippen LogP) is 5.31. The highest BCUT2D eigenvalue weighted by Gasteiger charge is 2.25. The Balaban J connectivity index is 1.72. The number of nitrogens with zero attached hydrogens (tertiary/aromatic N) is 3. The molecular formula is C24H31N3. The standard InChI is InChI=1S/C24H31N3/c1-3-4-6-11-24(21-12-13-22(19-25)20(2)18-21)27-16-14-26(15-17-27)23-9-7-5-8-10-23/h5,7-10,12-13,18,24H,3-4,6,11,14-17H2,1-2H3. The third-order valence-corrected chi connectivity index (χ3v) is 5.71. The van der Waals surface area contributed by atoms with E-state index < -0.39 is 0 Å². The molecule has 0 spiro atoms. The van der Waals surface area contributed by atoms with Gasteiger partial charge in [0.25, 0.3) is 0 Å². The fraction of sp³-hybridized carbons (Fsp3) is 0.458. The van der Waals surface area contributed by atoms with E-state index in [9.17, 15) is 5.26 Å². The van der Waals surface area contributed by atoms with Crippen LogP contribution >= 0.6 is 0 Å². The molecule has 0 amide bonds. The first-order valence-electron chi connectivity index (χ1n) is 10.3. The van der Waals surface area contributed by atoms with Crippen LogP contribution in [0.2, 0.25) is 0 Å². The smallest absolute Gasteiger partial charge is 0.0994 e. The van der Waals surface area contributed by atoms with Crippen molar-refractivity contribution in [2.24, 2.45) is 0 Å². The lowest BCUT2D eigenvalue weighted by Crippen LogP contribution is -2.47. The van der Waals surface area contributed by atoms with Gasteiger partial charge in [0.15, 0.2) is 0 Å². The quantitative estimate of drug-likeness (QED) is 0.626. The van der Waals surface area contributed by atoms with Gasteiger partial charge in [0.1, 0.15) is 0 Å². The Morgan fingerprint density at radius 3 is 2.37 bits per heavy atom. The van der Waals surface area contributed by atoms with E-state index in [0.717, 1.165) is 37.3 Å². The second-order valence-corrected chi connectivity index (χ2v) is 7.56. The lowest BCUT2D eigenvalue weighted by Gasteiger charge is -2.40. The second kappa shape index (κ2) is 9.58. The molecule has 27 heavy (non-hydrogen) atoms. The third-order valence-electron chi connectivity index (χ3n) is 5.71. The molecule has 0 aromatic heterocycles. The molecule has 1 saturated heterocycles. The van der Waals surface area contributed by atoms with E-state index in [1.54, 1.807) is 0 Å². The summed E-state index contributed by atoms with van der Waals surface area (Å²) in [6.45, 7) is 8.64. The minimum atomic E-state index is 0.459. The molecule has 142 valence electrons. The van der Waals surface area contributed by atoms with Crippen LogP contribution in [-0.2, 0) is 0 Å². The molecule has 2 aromatic rings. The van der Waals surface area contributed by atoms with E-state index in [0.29, 0.717) is 6.04 Å². The van der Waals surface area contributed by atoms with Gasteiger partial charge in [0.05, 0.1) is 11.6 Å². The van der Waals surface area contributed by atoms with Crippen molar-refractivity contribution in [3.8, 4) is 6.07 Å². The van der Waals surface area contributed by atoms with Crippen molar-refractivity contribution in [2.75, 3.05) is 31.1 Å². The van der Waals surface area contributed by atoms with Crippen molar-refractivity contribution >= 4 is 5.69 Å². The van der Waals surface area contributed by atoms with Crippen molar-refractivity contribution in [3.05, 3.63) is 65.2 Å². The van der Waals surface area contributed by atoms with Crippen LogP contribution < -0.4 is 4.90 Å². The number of piperazine rings is 1. The van der Waals surface area contributed by atoms with Gasteiger partial charge >= 0.3 is 0 Å². The molecule has 0 radical (unpaired) electrons. The van der Waals surface area contributed by atoms with Gasteiger partial charge < -0.3 is 4.90 Å². The van der Waals surface area contributed by atoms with Crippen LogP contribution in [0, 0.1) is 18.3 Å². The Morgan fingerprint density at radius 2 is 1.74 bits per heavy atom. The summed E-state index contributed by atoms with van der Waals surface area (Å²) in [5, 5.41) is 9.24. The van der Waals surface area contributed by atoms with Gasteiger partial charge in [0.2, 0.25) is 0 Å². The molecule has 1 fully saturated rings. The highest BCUT2D eigenvalue weighted by atomic mass is 15.3. The summed E-state index contributed by atoms with van der Waals surface area (Å²) in [5.41, 5.74) is 4.59. The first-order chi connectivity index (χ1) is 13.2. The average molecular weight is 362 g/mol. The normalized spacial score (nSPS) is 16.1. The molecule has 2 aromatic carbocycles. The summed E-state index contributed by atoms with van der Waals surface area (Å²) in [5.74, 6) is 0. The summed E-state index contributed by atoms with van der Waals surface area (Å²) in [4.78, 5) is 5.14. The number of unbranched alkanes of at least 4 members (excludes halogenated alkanes) is 2. The van der Waals surface area contributed by atoms with Crippen molar-refractivity contribution in [2.45, 2.75) is 45.6 Å². The van der Waals surface area contributed by atoms with Gasteiger partial charge in [-0.25, -0.2) is 0 Å². The van der Waals surface area contributed by atoms with E-state index in [4.69, 9.17) is 0 Å². The average Bonchev–Trinajstić information content (AvgIpc) is 2.72. The maximum absolute atomic E-state index is 9.24. The third kappa shape index (κ3) is 4.90. The summed E-state index contributed by atoms with van der Waals surface area (Å²) in [6.07, 6.45) is 5.00. The van der Waals surface area contributed by atoms with E-state index in [-0.39, 0.29) is 0 Å². The Hall–Kier alpha value is -2.31. The predicted molar refractivity (Wildman–Crippen MR) is 113 cm³/mol. The lowest BCUT2D eigenvalue weighted by molar-refractivity contribution is 0.174. The van der Waals surface area contributed by atoms with Gasteiger partial charge in [-0.15, -0.1) is 0 Å². The number of hydrogen-bond donors (Lipinski definition) is 0. The number of rotatable bonds is 7. The largest absolute Gasteiger partial charge is 0.369 e. The minimum Gasteiger partial charge on any atom is -0.369 e. The Morgan fingerprint density at radius 1 is 1.00 bits per heavy atom. The highest BCUT2D eigenvalue weighted by molar-refractivity contribution is 5.46. The summed E-state index contributed by atoms with van der Waals surface area (Å²) in [7, 11) is 0. The van der Waals surface area contributed by atoms with Gasteiger partial charge in [-0.2, -0.15) is 5.26 Å². The van der Waals surface area contributed by atoms with Gasteiger partial charge in [-0.3, -0.25) is 4.90 Å². The highest BCUT2D eigenvalue weighted by Crippen LogP contribution is 2.30. The summed E-state index contributed by atoms with van der Waals surface area (Å²) < 4.78 is 0. The molecule has 0 bridgehead atoms. The monoisotopic (exact) mass is 361 g/mol. The molecule has 0 saturated carbocycles. The molecule has 1 aliphatic heterocycles. The lowest BCUT2D eigenvalue weighted by atomic mass is 9.95. The van der Waals surface area contributed by atoms with Crippen LogP contribution in [0.4, 0.5) is 5.69 Å². The van der Waals surface area contributed by atoms with E-state index in [2.05, 4.69) is 72.2 Å². The van der Waals surface area contributed by atoms with Gasteiger partial charge in [-0.05, 0) is 42.7 Å². The maximum atomic E-state index is 9.24. The van der Waals surface area contributed by atoms with Crippen molar-refractivity contribution in [1.82, 2.24) is 4.90 Å². The first kappa shape index (κ1) is 19.5. The molecular weight excluding hydrogens is 330 g/mol. The van der Waals surface area contributed by atoms with Gasteiger partial charge in [0, 0.05) is 37.9 Å². The van der Waals surface area contributed by atoms with Crippen molar-refractivity contribution in [1.29, 1.82) is 5.26 Å². The maximum Gasteiger partial charge on any atom is 0.0994 e. The number of anilines is 1. The topological polar surface area (TPSA) is 30.3 Å². The Kier molecular flexibility index (Phi) is 6.90. The fourth-order valence-corrected chi connectivity index (χ4v) is 4.10. The number of nitriles is 1. The van der Waals surface area contributed by atoms with Crippen LogP contribution in [0.3, 0.4) is 0 Å². The SMILES string of the molecule is CCCCCC(c1ccc(C#N)c(C)c1)N1CCN(c2ccccc2)CC1. The van der Waals surface area contributed by atoms with Crippen molar-refractivity contribution in [3.63, 3.8) is 0 Å². The zero-order chi connectivity index (χ0) is 19.1. The number of aryl methyl sites for hydroxylation is 1. The molecule has 3 rings (SSSR count).